The number of aryl methyl sites for hydroxylation is 2. The fraction of sp³-hybridized carbons (Fsp3) is 0.278. The van der Waals surface area contributed by atoms with Gasteiger partial charge in [-0.15, -0.1) is 0 Å². The Morgan fingerprint density at radius 3 is 2.68 bits per heavy atom. The van der Waals surface area contributed by atoms with Crippen LogP contribution in [-0.4, -0.2) is 34.6 Å². The molecule has 25 heavy (non-hydrogen) atoms. The van der Waals surface area contributed by atoms with Crippen molar-refractivity contribution in [2.24, 2.45) is 0 Å². The molecule has 0 saturated heterocycles. The minimum atomic E-state index is -3.78. The van der Waals surface area contributed by atoms with E-state index in [1.54, 1.807) is 37.3 Å². The lowest BCUT2D eigenvalue weighted by atomic mass is 10.1. The normalized spacial score (nSPS) is 13.8. The number of hydrogen-bond acceptors (Lipinski definition) is 5. The number of esters is 1. The molecule has 0 unspecified atom stereocenters. The van der Waals surface area contributed by atoms with Crippen molar-refractivity contribution in [2.75, 3.05) is 24.6 Å². The smallest absolute Gasteiger partial charge is 0.341 e. The standard InChI is InChI=1S/C18H19NO5S/c1-12-7-8-13(2)16(11-12)25(21,22)19-9-10-24-17-14(18(20)23-3)5-4-6-15(17)19/h4-8,11H,9-10H2,1-3H3. The maximum atomic E-state index is 13.2. The maximum Gasteiger partial charge on any atom is 0.341 e. The van der Waals surface area contributed by atoms with E-state index in [2.05, 4.69) is 0 Å². The monoisotopic (exact) mass is 361 g/mol. The summed E-state index contributed by atoms with van der Waals surface area (Å²) >= 11 is 0. The molecule has 0 bridgehead atoms. The number of rotatable bonds is 3. The number of anilines is 1. The number of carbonyl (C=O) groups is 1. The molecule has 1 aliphatic heterocycles. The molecule has 0 N–H and O–H groups in total. The first-order valence-corrected chi connectivity index (χ1v) is 9.24. The first-order valence-electron chi connectivity index (χ1n) is 7.80. The summed E-state index contributed by atoms with van der Waals surface area (Å²) in [6, 6.07) is 10.1. The summed E-state index contributed by atoms with van der Waals surface area (Å²) in [5.74, 6) is -0.336. The van der Waals surface area contributed by atoms with Gasteiger partial charge in [0.1, 0.15) is 12.2 Å². The second-order valence-electron chi connectivity index (χ2n) is 5.84. The Balaban J connectivity index is 2.15. The Morgan fingerprint density at radius 1 is 1.20 bits per heavy atom. The van der Waals surface area contributed by atoms with Gasteiger partial charge in [0.2, 0.25) is 0 Å². The van der Waals surface area contributed by atoms with E-state index in [4.69, 9.17) is 9.47 Å². The highest BCUT2D eigenvalue weighted by Crippen LogP contribution is 2.38. The van der Waals surface area contributed by atoms with E-state index in [0.717, 1.165) is 5.56 Å². The van der Waals surface area contributed by atoms with Gasteiger partial charge in [-0.1, -0.05) is 18.2 Å². The number of benzene rings is 2. The summed E-state index contributed by atoms with van der Waals surface area (Å²) in [5.41, 5.74) is 2.08. The molecule has 0 fully saturated rings. The summed E-state index contributed by atoms with van der Waals surface area (Å²) in [6.07, 6.45) is 0. The largest absolute Gasteiger partial charge is 0.489 e. The fourth-order valence-corrected chi connectivity index (χ4v) is 4.61. The van der Waals surface area contributed by atoms with E-state index >= 15 is 0 Å². The van der Waals surface area contributed by atoms with Crippen molar-refractivity contribution in [3.63, 3.8) is 0 Å². The SMILES string of the molecule is COC(=O)c1cccc2c1OCCN2S(=O)(=O)c1cc(C)ccc1C. The topological polar surface area (TPSA) is 72.9 Å². The maximum absolute atomic E-state index is 13.2. The van der Waals surface area contributed by atoms with Crippen molar-refractivity contribution in [1.82, 2.24) is 0 Å². The molecule has 0 spiro atoms. The number of carbonyl (C=O) groups excluding carboxylic acids is 1. The predicted octanol–water partition coefficient (Wildman–Crippen LogP) is 2.68. The van der Waals surface area contributed by atoms with Crippen LogP contribution in [0.25, 0.3) is 0 Å². The Bertz CT molecular complexity index is 936. The van der Waals surface area contributed by atoms with E-state index in [-0.39, 0.29) is 29.4 Å². The summed E-state index contributed by atoms with van der Waals surface area (Å²) in [6.45, 7) is 3.94. The van der Waals surface area contributed by atoms with Crippen LogP contribution in [0.3, 0.4) is 0 Å². The quantitative estimate of drug-likeness (QED) is 0.786. The van der Waals surface area contributed by atoms with Crippen LogP contribution in [0.5, 0.6) is 5.75 Å². The van der Waals surface area contributed by atoms with Gasteiger partial charge in [0.15, 0.2) is 5.75 Å². The van der Waals surface area contributed by atoms with Crippen LogP contribution in [0.1, 0.15) is 21.5 Å². The van der Waals surface area contributed by atoms with Gasteiger partial charge < -0.3 is 9.47 Å². The molecule has 0 aliphatic carbocycles. The molecule has 6 nitrogen and oxygen atoms in total. The molecule has 0 saturated carbocycles. The summed E-state index contributed by atoms with van der Waals surface area (Å²) in [5, 5.41) is 0. The molecule has 132 valence electrons. The third-order valence-corrected chi connectivity index (χ3v) is 6.08. The molecule has 2 aromatic rings. The highest BCUT2D eigenvalue weighted by atomic mass is 32.2. The summed E-state index contributed by atoms with van der Waals surface area (Å²) in [7, 11) is -2.50. The van der Waals surface area contributed by atoms with Crippen molar-refractivity contribution < 1.29 is 22.7 Å². The van der Waals surface area contributed by atoms with Gasteiger partial charge in [-0.05, 0) is 43.2 Å². The molecule has 1 heterocycles. The molecule has 7 heteroatoms. The number of ether oxygens (including phenoxy) is 2. The van der Waals surface area contributed by atoms with Gasteiger partial charge in [-0.3, -0.25) is 4.31 Å². The number of fused-ring (bicyclic) bond motifs is 1. The Labute approximate surface area is 147 Å². The first kappa shape index (κ1) is 17.3. The molecular formula is C18H19NO5S. The minimum absolute atomic E-state index is 0.158. The van der Waals surface area contributed by atoms with Gasteiger partial charge >= 0.3 is 5.97 Å². The van der Waals surface area contributed by atoms with Crippen molar-refractivity contribution in [3.8, 4) is 5.75 Å². The third-order valence-electron chi connectivity index (χ3n) is 4.12. The second kappa shape index (κ2) is 6.40. The molecule has 1 aliphatic rings. The zero-order valence-electron chi connectivity index (χ0n) is 14.3. The van der Waals surface area contributed by atoms with Crippen molar-refractivity contribution >= 4 is 21.7 Å². The summed E-state index contributed by atoms with van der Waals surface area (Å²) in [4.78, 5) is 12.2. The summed E-state index contributed by atoms with van der Waals surface area (Å²) < 4.78 is 38.1. The van der Waals surface area contributed by atoms with Crippen molar-refractivity contribution in [2.45, 2.75) is 18.7 Å². The van der Waals surface area contributed by atoms with Crippen LogP contribution < -0.4 is 9.04 Å². The number of hydrogen-bond donors (Lipinski definition) is 0. The van der Waals surface area contributed by atoms with Gasteiger partial charge in [0, 0.05) is 0 Å². The first-order chi connectivity index (χ1) is 11.9. The molecular weight excluding hydrogens is 342 g/mol. The zero-order chi connectivity index (χ0) is 18.2. The fourth-order valence-electron chi connectivity index (χ4n) is 2.85. The molecule has 3 rings (SSSR count). The lowest BCUT2D eigenvalue weighted by Gasteiger charge is -2.31. The highest BCUT2D eigenvalue weighted by molar-refractivity contribution is 7.92. The van der Waals surface area contributed by atoms with Crippen LogP contribution in [-0.2, 0) is 14.8 Å². The van der Waals surface area contributed by atoms with E-state index in [0.29, 0.717) is 11.3 Å². The van der Waals surface area contributed by atoms with E-state index in [1.165, 1.54) is 11.4 Å². The van der Waals surface area contributed by atoms with Gasteiger partial charge in [0.25, 0.3) is 10.0 Å². The second-order valence-corrected chi connectivity index (χ2v) is 7.67. The van der Waals surface area contributed by atoms with E-state index in [9.17, 15) is 13.2 Å². The van der Waals surface area contributed by atoms with E-state index in [1.807, 2.05) is 13.0 Å². The van der Waals surface area contributed by atoms with Crippen LogP contribution in [0.2, 0.25) is 0 Å². The average Bonchev–Trinajstić information content (AvgIpc) is 2.61. The number of para-hydroxylation sites is 1. The Hall–Kier alpha value is -2.54. The van der Waals surface area contributed by atoms with Crippen LogP contribution in [0.15, 0.2) is 41.3 Å². The lowest BCUT2D eigenvalue weighted by molar-refractivity contribution is 0.0596. The third kappa shape index (κ3) is 2.95. The number of methoxy groups -OCH3 is 1. The van der Waals surface area contributed by atoms with Crippen molar-refractivity contribution in [3.05, 3.63) is 53.1 Å². The number of sulfonamides is 1. The van der Waals surface area contributed by atoms with Crippen LogP contribution in [0.4, 0.5) is 5.69 Å². The van der Waals surface area contributed by atoms with Gasteiger partial charge in [-0.2, -0.15) is 0 Å². The van der Waals surface area contributed by atoms with E-state index < -0.39 is 16.0 Å². The lowest BCUT2D eigenvalue weighted by Crippen LogP contribution is -2.38. The minimum Gasteiger partial charge on any atom is -0.489 e. The van der Waals surface area contributed by atoms with Crippen molar-refractivity contribution in [1.29, 1.82) is 0 Å². The Morgan fingerprint density at radius 2 is 1.96 bits per heavy atom. The Kier molecular flexibility index (Phi) is 4.43. The molecule has 0 aromatic heterocycles. The molecule has 0 radical (unpaired) electrons. The molecule has 0 atom stereocenters. The zero-order valence-corrected chi connectivity index (χ0v) is 15.1. The predicted molar refractivity (Wildman–Crippen MR) is 93.7 cm³/mol. The number of nitrogens with zero attached hydrogens (tertiary/aromatic N) is 1. The van der Waals surface area contributed by atoms with Gasteiger partial charge in [-0.25, -0.2) is 13.2 Å². The highest BCUT2D eigenvalue weighted by Gasteiger charge is 2.33. The van der Waals surface area contributed by atoms with Crippen LogP contribution >= 0.6 is 0 Å². The van der Waals surface area contributed by atoms with Crippen LogP contribution in [0, 0.1) is 13.8 Å². The van der Waals surface area contributed by atoms with Gasteiger partial charge in [0.05, 0.1) is 24.2 Å². The molecule has 2 aromatic carbocycles. The molecule has 0 amide bonds. The average molecular weight is 361 g/mol.